The lowest BCUT2D eigenvalue weighted by Crippen LogP contribution is -2.11. The van der Waals surface area contributed by atoms with Crippen LogP contribution in [-0.2, 0) is 0 Å². The Bertz CT molecular complexity index is 3330. The molecule has 0 unspecified atom stereocenters. The third-order valence-corrected chi connectivity index (χ3v) is 11.5. The maximum atomic E-state index is 5.11. The van der Waals surface area contributed by atoms with Crippen molar-refractivity contribution in [2.24, 2.45) is 0 Å². The first-order chi connectivity index (χ1) is 29.3. The van der Waals surface area contributed by atoms with Gasteiger partial charge < -0.3 is 9.47 Å². The summed E-state index contributed by atoms with van der Waals surface area (Å²) in [5, 5.41) is 3.46. The lowest BCUT2D eigenvalue weighted by molar-refractivity contribution is 0.953. The molecule has 8 aromatic carbocycles. The Labute approximate surface area is 340 Å². The third kappa shape index (κ3) is 5.31. The van der Waals surface area contributed by atoms with Gasteiger partial charge in [-0.15, -0.1) is 0 Å². The van der Waals surface area contributed by atoms with E-state index in [1.807, 2.05) is 60.7 Å². The molecule has 0 saturated carbocycles. The van der Waals surface area contributed by atoms with Crippen LogP contribution in [0.5, 0.6) is 0 Å². The Morgan fingerprint density at radius 3 is 1.63 bits per heavy atom. The van der Waals surface area contributed by atoms with Crippen LogP contribution in [0.15, 0.2) is 206 Å². The molecular formula is C53H34N6. The van der Waals surface area contributed by atoms with Crippen LogP contribution in [0.4, 0.5) is 17.1 Å². The molecule has 0 saturated heterocycles. The number of benzene rings is 8. The maximum Gasteiger partial charge on any atom is 0.238 e. The fourth-order valence-electron chi connectivity index (χ4n) is 8.83. The molecule has 1 aliphatic rings. The van der Waals surface area contributed by atoms with Gasteiger partial charge in [-0.25, -0.2) is 4.98 Å². The summed E-state index contributed by atoms with van der Waals surface area (Å²) < 4.78 is 4.60. The molecule has 0 radical (unpaired) electrons. The van der Waals surface area contributed by atoms with Crippen LogP contribution in [-0.4, -0.2) is 24.1 Å². The number of anilines is 3. The van der Waals surface area contributed by atoms with Gasteiger partial charge in [-0.2, -0.15) is 9.97 Å². The first-order valence-corrected chi connectivity index (χ1v) is 19.9. The molecular weight excluding hydrogens is 721 g/mol. The zero-order valence-corrected chi connectivity index (χ0v) is 31.8. The number of fused-ring (bicyclic) bond motifs is 10. The molecule has 1 aliphatic heterocycles. The standard InChI is InChI=1S/C53H34N6/c1-4-16-35(17-5-1)51-54-52(36-18-6-2-7-19-36)56-53(55-51)59-45-24-12-10-22-41(45)43-33-38(29-31-47(43)59)37-28-30-44-39(32-37)34-50-42-23-11-13-25-46(42)57(40-20-8-3-9-21-40)48-26-14-15-27-49(48)58(44)50/h1-34H. The molecule has 0 spiro atoms. The highest BCUT2D eigenvalue weighted by atomic mass is 15.2. The summed E-state index contributed by atoms with van der Waals surface area (Å²) >= 11 is 0. The van der Waals surface area contributed by atoms with Crippen LogP contribution in [0.1, 0.15) is 0 Å². The molecule has 0 fully saturated rings. The largest absolute Gasteiger partial charge is 0.308 e. The SMILES string of the molecule is c1ccc(-c2nc(-c3ccccc3)nc(-n3c4ccccc4c4cc(-c5ccc6c(c5)cc5n6-c6ccccc6N(c6ccccc6)c6ccccc6-5)ccc43)n2)cc1. The van der Waals surface area contributed by atoms with E-state index in [2.05, 4.69) is 160 Å². The second-order valence-corrected chi connectivity index (χ2v) is 14.9. The van der Waals surface area contributed by atoms with E-state index in [0.29, 0.717) is 17.6 Å². The van der Waals surface area contributed by atoms with Gasteiger partial charge in [-0.05, 0) is 77.9 Å². The first kappa shape index (κ1) is 33.1. The minimum Gasteiger partial charge on any atom is -0.308 e. The summed E-state index contributed by atoms with van der Waals surface area (Å²) in [6.45, 7) is 0. The zero-order valence-electron chi connectivity index (χ0n) is 31.8. The number of rotatable bonds is 5. The highest BCUT2D eigenvalue weighted by molar-refractivity contribution is 6.10. The molecule has 6 heteroatoms. The summed E-state index contributed by atoms with van der Waals surface area (Å²) in [5.74, 6) is 1.85. The Hall–Kier alpha value is -8.09. The van der Waals surface area contributed by atoms with E-state index in [9.17, 15) is 0 Å². The smallest absolute Gasteiger partial charge is 0.238 e. The van der Waals surface area contributed by atoms with Crippen LogP contribution in [0.25, 0.3) is 89.5 Å². The Morgan fingerprint density at radius 2 is 0.898 bits per heavy atom. The van der Waals surface area contributed by atoms with E-state index in [0.717, 1.165) is 72.3 Å². The second-order valence-electron chi connectivity index (χ2n) is 14.9. The zero-order chi connectivity index (χ0) is 38.9. The van der Waals surface area contributed by atoms with E-state index >= 15 is 0 Å². The molecule has 3 aromatic heterocycles. The van der Waals surface area contributed by atoms with E-state index in [-0.39, 0.29) is 0 Å². The van der Waals surface area contributed by atoms with Crippen molar-refractivity contribution in [2.45, 2.75) is 0 Å². The molecule has 12 rings (SSSR count). The fourth-order valence-corrected chi connectivity index (χ4v) is 8.83. The van der Waals surface area contributed by atoms with Crippen molar-refractivity contribution in [2.75, 3.05) is 4.90 Å². The quantitative estimate of drug-likeness (QED) is 0.176. The number of para-hydroxylation sites is 5. The summed E-state index contributed by atoms with van der Waals surface area (Å²) in [6.07, 6.45) is 0. The van der Waals surface area contributed by atoms with Gasteiger partial charge in [0, 0.05) is 38.5 Å². The Balaban J connectivity index is 1.02. The lowest BCUT2D eigenvalue weighted by Gasteiger charge is -2.26. The minimum absolute atomic E-state index is 0.583. The molecule has 11 aromatic rings. The Kier molecular flexibility index (Phi) is 7.43. The molecule has 0 bridgehead atoms. The van der Waals surface area contributed by atoms with Gasteiger partial charge in [-0.1, -0.05) is 140 Å². The minimum atomic E-state index is 0.583. The van der Waals surface area contributed by atoms with Crippen LogP contribution in [0.2, 0.25) is 0 Å². The van der Waals surface area contributed by atoms with Gasteiger partial charge in [0.15, 0.2) is 11.6 Å². The first-order valence-electron chi connectivity index (χ1n) is 19.9. The normalized spacial score (nSPS) is 12.0. The van der Waals surface area contributed by atoms with Gasteiger partial charge >= 0.3 is 0 Å². The topological polar surface area (TPSA) is 51.8 Å². The molecule has 0 aliphatic carbocycles. The van der Waals surface area contributed by atoms with Crippen LogP contribution in [0, 0.1) is 0 Å². The number of hydrogen-bond donors (Lipinski definition) is 0. The van der Waals surface area contributed by atoms with Gasteiger partial charge in [0.05, 0.1) is 39.3 Å². The predicted molar refractivity (Wildman–Crippen MR) is 241 cm³/mol. The summed E-state index contributed by atoms with van der Waals surface area (Å²) in [4.78, 5) is 17.6. The highest BCUT2D eigenvalue weighted by Gasteiger charge is 2.27. The van der Waals surface area contributed by atoms with Crippen LogP contribution in [0.3, 0.4) is 0 Å². The molecule has 0 amide bonds. The molecule has 0 N–H and O–H groups in total. The van der Waals surface area contributed by atoms with E-state index in [1.54, 1.807) is 0 Å². The second kappa shape index (κ2) is 13.3. The molecule has 6 nitrogen and oxygen atoms in total. The molecule has 276 valence electrons. The number of aromatic nitrogens is 5. The van der Waals surface area contributed by atoms with Crippen molar-refractivity contribution in [3.8, 4) is 56.8 Å². The van der Waals surface area contributed by atoms with Crippen LogP contribution >= 0.6 is 0 Å². The van der Waals surface area contributed by atoms with Crippen molar-refractivity contribution in [3.05, 3.63) is 206 Å². The van der Waals surface area contributed by atoms with E-state index in [4.69, 9.17) is 15.0 Å². The number of nitrogens with zero attached hydrogens (tertiary/aromatic N) is 6. The van der Waals surface area contributed by atoms with Crippen molar-refractivity contribution in [1.82, 2.24) is 24.1 Å². The van der Waals surface area contributed by atoms with Crippen molar-refractivity contribution >= 4 is 49.8 Å². The average Bonchev–Trinajstić information content (AvgIpc) is 3.82. The van der Waals surface area contributed by atoms with E-state index < -0.39 is 0 Å². The van der Waals surface area contributed by atoms with E-state index in [1.165, 1.54) is 16.6 Å². The lowest BCUT2D eigenvalue weighted by atomic mass is 10.0. The van der Waals surface area contributed by atoms with Gasteiger partial charge in [0.1, 0.15) is 0 Å². The van der Waals surface area contributed by atoms with Crippen molar-refractivity contribution in [3.63, 3.8) is 0 Å². The van der Waals surface area contributed by atoms with Crippen LogP contribution < -0.4 is 4.90 Å². The summed E-state index contributed by atoms with van der Waals surface area (Å²) in [5.41, 5.74) is 14.3. The van der Waals surface area contributed by atoms with Crippen molar-refractivity contribution < 1.29 is 0 Å². The van der Waals surface area contributed by atoms with Gasteiger partial charge in [-0.3, -0.25) is 4.57 Å². The van der Waals surface area contributed by atoms with Gasteiger partial charge in [0.2, 0.25) is 5.95 Å². The third-order valence-electron chi connectivity index (χ3n) is 11.5. The molecule has 59 heavy (non-hydrogen) atoms. The average molecular weight is 755 g/mol. The van der Waals surface area contributed by atoms with Crippen molar-refractivity contribution in [1.29, 1.82) is 0 Å². The Morgan fingerprint density at radius 1 is 0.339 bits per heavy atom. The molecule has 0 atom stereocenters. The van der Waals surface area contributed by atoms with Gasteiger partial charge in [0.25, 0.3) is 0 Å². The summed E-state index contributed by atoms with van der Waals surface area (Å²) in [6, 6.07) is 72.9. The predicted octanol–water partition coefficient (Wildman–Crippen LogP) is 13.4. The molecule has 4 heterocycles. The highest BCUT2D eigenvalue weighted by Crippen LogP contribution is 2.49. The fraction of sp³-hybridized carbons (Fsp3) is 0. The number of hydrogen-bond acceptors (Lipinski definition) is 4. The monoisotopic (exact) mass is 754 g/mol. The summed E-state index contributed by atoms with van der Waals surface area (Å²) in [7, 11) is 0. The maximum absolute atomic E-state index is 5.11.